The second-order valence-corrected chi connectivity index (χ2v) is 7.65. The number of benzene rings is 2. The maximum absolute atomic E-state index is 12.0. The van der Waals surface area contributed by atoms with Crippen LogP contribution < -0.4 is 4.72 Å². The van der Waals surface area contributed by atoms with E-state index in [1.165, 1.54) is 11.8 Å². The third-order valence-corrected chi connectivity index (χ3v) is 5.37. The fourth-order valence-electron chi connectivity index (χ4n) is 1.74. The van der Waals surface area contributed by atoms with Crippen molar-refractivity contribution in [2.24, 2.45) is 0 Å². The van der Waals surface area contributed by atoms with Gasteiger partial charge in [-0.25, -0.2) is 13.1 Å². The highest BCUT2D eigenvalue weighted by Gasteiger charge is 2.15. The van der Waals surface area contributed by atoms with E-state index in [0.29, 0.717) is 0 Å². The Hall–Kier alpha value is -1.50. The molecule has 0 aromatic heterocycles. The van der Waals surface area contributed by atoms with E-state index in [1.54, 1.807) is 50.2 Å². The molecule has 0 aliphatic heterocycles. The number of phenolic OH excluding ortho intramolecular Hbond substituents is 1. The van der Waals surface area contributed by atoms with Crippen LogP contribution in [0.25, 0.3) is 0 Å². The molecule has 4 nitrogen and oxygen atoms in total. The zero-order chi connectivity index (χ0) is 15.5. The van der Waals surface area contributed by atoms with E-state index in [4.69, 9.17) is 0 Å². The van der Waals surface area contributed by atoms with E-state index in [-0.39, 0.29) is 16.7 Å². The van der Waals surface area contributed by atoms with Crippen LogP contribution in [0.1, 0.15) is 13.8 Å². The molecule has 2 aromatic carbocycles. The van der Waals surface area contributed by atoms with Crippen LogP contribution in [0.4, 0.5) is 0 Å². The molecule has 2 aromatic rings. The molecule has 0 spiro atoms. The topological polar surface area (TPSA) is 66.4 Å². The highest BCUT2D eigenvalue weighted by molar-refractivity contribution is 7.99. The number of rotatable bonds is 5. The average Bonchev–Trinajstić information content (AvgIpc) is 2.40. The molecule has 0 aliphatic carbocycles. The van der Waals surface area contributed by atoms with E-state index in [2.05, 4.69) is 4.72 Å². The van der Waals surface area contributed by atoms with Crippen molar-refractivity contribution >= 4 is 21.8 Å². The standard InChI is InChI=1S/C15H17NO3S2/c1-11(2)16-21(18,19)13-9-7-12(8-10-13)20-15-6-4-3-5-14(15)17/h3-11,16-17H,1-2H3. The van der Waals surface area contributed by atoms with Gasteiger partial charge in [0.2, 0.25) is 10.0 Å². The average molecular weight is 323 g/mol. The van der Waals surface area contributed by atoms with Gasteiger partial charge in [-0.1, -0.05) is 23.9 Å². The van der Waals surface area contributed by atoms with Crippen LogP contribution in [0.2, 0.25) is 0 Å². The van der Waals surface area contributed by atoms with Crippen molar-refractivity contribution < 1.29 is 13.5 Å². The number of para-hydroxylation sites is 1. The monoisotopic (exact) mass is 323 g/mol. The van der Waals surface area contributed by atoms with Gasteiger partial charge in [0.25, 0.3) is 0 Å². The van der Waals surface area contributed by atoms with E-state index in [1.807, 2.05) is 12.1 Å². The summed E-state index contributed by atoms with van der Waals surface area (Å²) in [5.74, 6) is 0.209. The van der Waals surface area contributed by atoms with Gasteiger partial charge in [0, 0.05) is 10.9 Å². The first kappa shape index (κ1) is 15.9. The molecule has 2 N–H and O–H groups in total. The molecule has 2 rings (SSSR count). The summed E-state index contributed by atoms with van der Waals surface area (Å²) in [6.07, 6.45) is 0. The second kappa shape index (κ2) is 6.51. The molecule has 0 unspecified atom stereocenters. The minimum absolute atomic E-state index is 0.148. The molecule has 0 saturated carbocycles. The summed E-state index contributed by atoms with van der Waals surface area (Å²) in [7, 11) is -3.47. The first-order valence-electron chi connectivity index (χ1n) is 6.47. The lowest BCUT2D eigenvalue weighted by molar-refractivity contribution is 0.462. The van der Waals surface area contributed by atoms with Crippen molar-refractivity contribution in [1.29, 1.82) is 0 Å². The Morgan fingerprint density at radius 2 is 1.67 bits per heavy atom. The van der Waals surface area contributed by atoms with Crippen LogP contribution in [0.3, 0.4) is 0 Å². The number of aromatic hydroxyl groups is 1. The van der Waals surface area contributed by atoms with Crippen LogP contribution in [-0.4, -0.2) is 19.6 Å². The Morgan fingerprint density at radius 1 is 1.05 bits per heavy atom. The first-order valence-corrected chi connectivity index (χ1v) is 8.77. The molecule has 0 bridgehead atoms. The molecule has 0 fully saturated rings. The second-order valence-electron chi connectivity index (χ2n) is 4.82. The van der Waals surface area contributed by atoms with Crippen LogP contribution in [0.5, 0.6) is 5.75 Å². The Labute approximate surface area is 129 Å². The SMILES string of the molecule is CC(C)NS(=O)(=O)c1ccc(Sc2ccccc2O)cc1. The zero-order valence-corrected chi connectivity index (χ0v) is 13.4. The summed E-state index contributed by atoms with van der Waals surface area (Å²) in [6, 6.07) is 13.5. The molecule has 0 amide bonds. The minimum atomic E-state index is -3.47. The van der Waals surface area contributed by atoms with Gasteiger partial charge >= 0.3 is 0 Å². The molecule has 6 heteroatoms. The van der Waals surface area contributed by atoms with Crippen molar-refractivity contribution in [2.45, 2.75) is 34.6 Å². The molecular weight excluding hydrogens is 306 g/mol. The molecule has 21 heavy (non-hydrogen) atoms. The summed E-state index contributed by atoms with van der Waals surface area (Å²) < 4.78 is 26.6. The molecule has 0 saturated heterocycles. The van der Waals surface area contributed by atoms with Crippen LogP contribution in [0.15, 0.2) is 63.2 Å². The fraction of sp³-hybridized carbons (Fsp3) is 0.200. The molecule has 0 radical (unpaired) electrons. The van der Waals surface area contributed by atoms with Crippen molar-refractivity contribution in [3.05, 3.63) is 48.5 Å². The minimum Gasteiger partial charge on any atom is -0.507 e. The van der Waals surface area contributed by atoms with Gasteiger partial charge in [-0.05, 0) is 50.2 Å². The Bertz CT molecular complexity index is 710. The van der Waals surface area contributed by atoms with Crippen molar-refractivity contribution in [1.82, 2.24) is 4.72 Å². The highest BCUT2D eigenvalue weighted by atomic mass is 32.2. The molecule has 0 atom stereocenters. The Balaban J connectivity index is 2.18. The number of sulfonamides is 1. The normalized spacial score (nSPS) is 11.8. The van der Waals surface area contributed by atoms with Gasteiger partial charge in [0.05, 0.1) is 9.79 Å². The first-order chi connectivity index (χ1) is 9.88. The number of phenols is 1. The van der Waals surface area contributed by atoms with Gasteiger partial charge in [0.1, 0.15) is 5.75 Å². The Morgan fingerprint density at radius 3 is 2.24 bits per heavy atom. The van der Waals surface area contributed by atoms with Gasteiger partial charge in [-0.2, -0.15) is 0 Å². The summed E-state index contributed by atoms with van der Waals surface area (Å²) in [5.41, 5.74) is 0. The van der Waals surface area contributed by atoms with Crippen LogP contribution >= 0.6 is 11.8 Å². The van der Waals surface area contributed by atoms with Crippen molar-refractivity contribution in [3.8, 4) is 5.75 Å². The summed E-state index contributed by atoms with van der Waals surface area (Å²) in [6.45, 7) is 3.56. The van der Waals surface area contributed by atoms with Crippen molar-refractivity contribution in [3.63, 3.8) is 0 Å². The quantitative estimate of drug-likeness (QED) is 0.886. The van der Waals surface area contributed by atoms with E-state index in [0.717, 1.165) is 9.79 Å². The third-order valence-electron chi connectivity index (χ3n) is 2.62. The maximum atomic E-state index is 12.0. The summed E-state index contributed by atoms with van der Waals surface area (Å²) in [4.78, 5) is 1.83. The fourth-order valence-corrected chi connectivity index (χ4v) is 3.83. The van der Waals surface area contributed by atoms with E-state index in [9.17, 15) is 13.5 Å². The predicted octanol–water partition coefficient (Wildman–Crippen LogP) is 3.23. The molecule has 0 heterocycles. The van der Waals surface area contributed by atoms with Crippen LogP contribution in [-0.2, 0) is 10.0 Å². The predicted molar refractivity (Wildman–Crippen MR) is 84.1 cm³/mol. The third kappa shape index (κ3) is 4.23. The van der Waals surface area contributed by atoms with Gasteiger partial charge < -0.3 is 5.11 Å². The summed E-state index contributed by atoms with van der Waals surface area (Å²) >= 11 is 1.38. The van der Waals surface area contributed by atoms with Gasteiger partial charge in [-0.15, -0.1) is 0 Å². The lowest BCUT2D eigenvalue weighted by atomic mass is 10.3. The van der Waals surface area contributed by atoms with Gasteiger partial charge in [-0.3, -0.25) is 0 Å². The zero-order valence-electron chi connectivity index (χ0n) is 11.8. The lowest BCUT2D eigenvalue weighted by Crippen LogP contribution is -2.30. The number of nitrogens with one attached hydrogen (secondary N) is 1. The molecule has 0 aliphatic rings. The van der Waals surface area contributed by atoms with E-state index >= 15 is 0 Å². The highest BCUT2D eigenvalue weighted by Crippen LogP contribution is 2.34. The smallest absolute Gasteiger partial charge is 0.240 e. The summed E-state index contributed by atoms with van der Waals surface area (Å²) in [5, 5.41) is 9.73. The van der Waals surface area contributed by atoms with Crippen LogP contribution in [0, 0.1) is 0 Å². The largest absolute Gasteiger partial charge is 0.507 e. The van der Waals surface area contributed by atoms with E-state index < -0.39 is 10.0 Å². The number of hydrogen-bond acceptors (Lipinski definition) is 4. The lowest BCUT2D eigenvalue weighted by Gasteiger charge is -2.10. The van der Waals surface area contributed by atoms with Gasteiger partial charge in [0.15, 0.2) is 0 Å². The molecule has 112 valence electrons. The van der Waals surface area contributed by atoms with Crippen molar-refractivity contribution in [2.75, 3.05) is 0 Å². The number of hydrogen-bond donors (Lipinski definition) is 2. The Kier molecular flexibility index (Phi) is 4.92. The molecular formula is C15H17NO3S2. The maximum Gasteiger partial charge on any atom is 0.240 e.